The summed E-state index contributed by atoms with van der Waals surface area (Å²) in [5.74, 6) is 2.92. The van der Waals surface area contributed by atoms with E-state index >= 15 is 0 Å². The largest absolute Gasteiger partial charge is 0.465 e. The van der Waals surface area contributed by atoms with Crippen LogP contribution in [0.2, 0.25) is 0 Å². The quantitative estimate of drug-likeness (QED) is 0.618. The Labute approximate surface area is 181 Å². The summed E-state index contributed by atoms with van der Waals surface area (Å²) in [6, 6.07) is 12.7. The molecule has 1 amide bonds. The van der Waals surface area contributed by atoms with Crippen LogP contribution in [0.4, 0.5) is 0 Å². The number of methoxy groups -OCH3 is 1. The second kappa shape index (κ2) is 10.3. The van der Waals surface area contributed by atoms with Gasteiger partial charge in [-0.15, -0.1) is 0 Å². The van der Waals surface area contributed by atoms with E-state index in [1.54, 1.807) is 7.11 Å². The second-order valence-electron chi connectivity index (χ2n) is 8.86. The molecule has 0 saturated carbocycles. The molecule has 164 valence electrons. The first-order chi connectivity index (χ1) is 14.4. The Morgan fingerprint density at radius 2 is 1.97 bits per heavy atom. The number of aryl methyl sites for hydroxylation is 2. The van der Waals surface area contributed by atoms with Crippen LogP contribution in [-0.4, -0.2) is 55.6 Å². The van der Waals surface area contributed by atoms with Crippen molar-refractivity contribution in [3.8, 4) is 0 Å². The van der Waals surface area contributed by atoms with Crippen molar-refractivity contribution in [2.45, 2.75) is 40.2 Å². The van der Waals surface area contributed by atoms with Crippen LogP contribution >= 0.6 is 0 Å². The van der Waals surface area contributed by atoms with E-state index in [1.165, 1.54) is 11.1 Å². The summed E-state index contributed by atoms with van der Waals surface area (Å²) in [6.07, 6.45) is 0. The molecule has 0 bridgehead atoms. The third kappa shape index (κ3) is 5.52. The zero-order valence-corrected chi connectivity index (χ0v) is 19.1. The maximum Gasteiger partial charge on any atom is 0.225 e. The average molecular weight is 413 g/mol. The summed E-state index contributed by atoms with van der Waals surface area (Å²) in [5, 5.41) is 0. The number of ether oxygens (including phenoxy) is 1. The van der Waals surface area contributed by atoms with E-state index in [4.69, 9.17) is 9.15 Å². The summed E-state index contributed by atoms with van der Waals surface area (Å²) in [4.78, 5) is 17.3. The molecule has 0 aliphatic carbocycles. The van der Waals surface area contributed by atoms with Gasteiger partial charge in [0.1, 0.15) is 11.5 Å². The van der Waals surface area contributed by atoms with Gasteiger partial charge in [0.15, 0.2) is 0 Å². The van der Waals surface area contributed by atoms with Gasteiger partial charge in [-0.2, -0.15) is 0 Å². The van der Waals surface area contributed by atoms with Gasteiger partial charge in [-0.05, 0) is 43.0 Å². The van der Waals surface area contributed by atoms with E-state index < -0.39 is 0 Å². The van der Waals surface area contributed by atoms with Crippen molar-refractivity contribution in [2.75, 3.05) is 39.9 Å². The van der Waals surface area contributed by atoms with Gasteiger partial charge in [0.2, 0.25) is 5.91 Å². The number of benzene rings is 1. The highest BCUT2D eigenvalue weighted by atomic mass is 16.5. The number of furan rings is 1. The fraction of sp³-hybridized carbons (Fsp3) is 0.560. The number of likely N-dealkylation sites (tertiary alicyclic amines) is 1. The Hall–Kier alpha value is -2.11. The van der Waals surface area contributed by atoms with E-state index in [1.807, 2.05) is 31.7 Å². The predicted molar refractivity (Wildman–Crippen MR) is 119 cm³/mol. The van der Waals surface area contributed by atoms with Gasteiger partial charge in [0.05, 0.1) is 13.2 Å². The van der Waals surface area contributed by atoms with Crippen LogP contribution in [0.3, 0.4) is 0 Å². The number of carbonyl (C=O) groups is 1. The monoisotopic (exact) mass is 412 g/mol. The first-order valence-corrected chi connectivity index (χ1v) is 11.0. The molecule has 1 aliphatic heterocycles. The molecule has 1 aliphatic rings. The van der Waals surface area contributed by atoms with Gasteiger partial charge in [-0.3, -0.25) is 9.69 Å². The third-order valence-corrected chi connectivity index (χ3v) is 6.11. The first kappa shape index (κ1) is 22.6. The Bertz CT molecular complexity index is 829. The topological polar surface area (TPSA) is 45.9 Å². The van der Waals surface area contributed by atoms with Gasteiger partial charge in [0.25, 0.3) is 0 Å². The Morgan fingerprint density at radius 3 is 2.60 bits per heavy atom. The van der Waals surface area contributed by atoms with Crippen molar-refractivity contribution in [3.63, 3.8) is 0 Å². The van der Waals surface area contributed by atoms with Gasteiger partial charge in [-0.25, -0.2) is 0 Å². The van der Waals surface area contributed by atoms with Crippen LogP contribution in [0.1, 0.15) is 42.4 Å². The van der Waals surface area contributed by atoms with E-state index in [-0.39, 0.29) is 11.8 Å². The highest BCUT2D eigenvalue weighted by molar-refractivity contribution is 5.78. The second-order valence-corrected chi connectivity index (χ2v) is 8.86. The highest BCUT2D eigenvalue weighted by Gasteiger charge is 2.36. The molecule has 3 rings (SSSR count). The average Bonchev–Trinajstić information content (AvgIpc) is 3.30. The van der Waals surface area contributed by atoms with Crippen molar-refractivity contribution < 1.29 is 13.9 Å². The minimum atomic E-state index is -0.0117. The normalized spacial score (nSPS) is 19.5. The Kier molecular flexibility index (Phi) is 7.73. The van der Waals surface area contributed by atoms with E-state index in [0.717, 1.165) is 37.7 Å². The van der Waals surface area contributed by atoms with Crippen molar-refractivity contribution in [1.29, 1.82) is 0 Å². The third-order valence-electron chi connectivity index (χ3n) is 6.11. The molecular weight excluding hydrogens is 376 g/mol. The number of hydrogen-bond donors (Lipinski definition) is 0. The van der Waals surface area contributed by atoms with Crippen LogP contribution in [0.15, 0.2) is 40.8 Å². The fourth-order valence-electron chi connectivity index (χ4n) is 4.56. The molecule has 2 aromatic rings. The maximum absolute atomic E-state index is 12.9. The minimum Gasteiger partial charge on any atom is -0.465 e. The van der Waals surface area contributed by atoms with Gasteiger partial charge >= 0.3 is 0 Å². The lowest BCUT2D eigenvalue weighted by Crippen LogP contribution is -2.41. The first-order valence-electron chi connectivity index (χ1n) is 11.0. The van der Waals surface area contributed by atoms with Crippen molar-refractivity contribution in [1.82, 2.24) is 9.80 Å². The van der Waals surface area contributed by atoms with E-state index in [0.29, 0.717) is 25.0 Å². The Morgan fingerprint density at radius 1 is 1.20 bits per heavy atom. The highest BCUT2D eigenvalue weighted by Crippen LogP contribution is 2.36. The summed E-state index contributed by atoms with van der Waals surface area (Å²) >= 11 is 0. The lowest BCUT2D eigenvalue weighted by molar-refractivity contribution is -0.135. The van der Waals surface area contributed by atoms with Crippen LogP contribution in [0.5, 0.6) is 0 Å². The van der Waals surface area contributed by atoms with Gasteiger partial charge in [0, 0.05) is 45.1 Å². The van der Waals surface area contributed by atoms with E-state index in [2.05, 4.69) is 42.2 Å². The maximum atomic E-state index is 12.9. The molecule has 5 heteroatoms. The molecule has 1 aromatic carbocycles. The van der Waals surface area contributed by atoms with Crippen LogP contribution in [-0.2, 0) is 16.1 Å². The number of amides is 1. The molecule has 0 radical (unpaired) electrons. The predicted octanol–water partition coefficient (Wildman–Crippen LogP) is 4.24. The van der Waals surface area contributed by atoms with E-state index in [9.17, 15) is 4.79 Å². The van der Waals surface area contributed by atoms with Crippen LogP contribution in [0, 0.1) is 25.7 Å². The Balaban J connectivity index is 1.81. The lowest BCUT2D eigenvalue weighted by Gasteiger charge is -2.30. The standard InChI is InChI=1S/C25H36N2O3/c1-18(2)25(28)27(12-13-29-5)15-21-14-26(16-22-11-10-20(4)30-22)17-24(21)23-9-7-6-8-19(23)3/h6-11,18,21,24H,12-17H2,1-5H3. The molecule has 0 N–H and O–H groups in total. The fourth-order valence-corrected chi connectivity index (χ4v) is 4.56. The number of nitrogens with zero attached hydrogens (tertiary/aromatic N) is 2. The van der Waals surface area contributed by atoms with Gasteiger partial charge in [-0.1, -0.05) is 38.1 Å². The minimum absolute atomic E-state index is 0.0117. The zero-order valence-electron chi connectivity index (χ0n) is 19.1. The van der Waals surface area contributed by atoms with Crippen molar-refractivity contribution >= 4 is 5.91 Å². The van der Waals surface area contributed by atoms with Crippen LogP contribution < -0.4 is 0 Å². The summed E-state index contributed by atoms with van der Waals surface area (Å²) in [6.45, 7) is 12.8. The van der Waals surface area contributed by atoms with Crippen molar-refractivity contribution in [3.05, 3.63) is 59.0 Å². The summed E-state index contributed by atoms with van der Waals surface area (Å²) in [7, 11) is 1.69. The van der Waals surface area contributed by atoms with Crippen molar-refractivity contribution in [2.24, 2.45) is 11.8 Å². The molecule has 5 nitrogen and oxygen atoms in total. The number of hydrogen-bond acceptors (Lipinski definition) is 4. The van der Waals surface area contributed by atoms with Gasteiger partial charge < -0.3 is 14.1 Å². The number of rotatable bonds is 9. The molecule has 1 saturated heterocycles. The molecule has 2 unspecified atom stereocenters. The molecule has 2 heterocycles. The SMILES string of the molecule is COCCN(CC1CN(Cc2ccc(C)o2)CC1c1ccccc1C)C(=O)C(C)C. The smallest absolute Gasteiger partial charge is 0.225 e. The molecule has 1 fully saturated rings. The molecule has 0 spiro atoms. The summed E-state index contributed by atoms with van der Waals surface area (Å²) < 4.78 is 11.1. The zero-order chi connectivity index (χ0) is 21.7. The molecular formula is C25H36N2O3. The van der Waals surface area contributed by atoms with Crippen LogP contribution in [0.25, 0.3) is 0 Å². The molecule has 2 atom stereocenters. The lowest BCUT2D eigenvalue weighted by atomic mass is 9.86. The summed E-state index contributed by atoms with van der Waals surface area (Å²) in [5.41, 5.74) is 2.71. The molecule has 1 aromatic heterocycles. The number of carbonyl (C=O) groups excluding carboxylic acids is 1. The molecule has 30 heavy (non-hydrogen) atoms.